The average molecular weight is 413 g/mol. The van der Waals surface area contributed by atoms with Crippen molar-refractivity contribution in [1.82, 2.24) is 0 Å². The van der Waals surface area contributed by atoms with Crippen molar-refractivity contribution in [3.8, 4) is 0 Å². The number of Topliss-reactive ketones (excluding diaryl/α,β-unsaturated/α-hetero) is 1. The van der Waals surface area contributed by atoms with Crippen LogP contribution in [0, 0.1) is 16.2 Å². The molecule has 0 amide bonds. The predicted molar refractivity (Wildman–Crippen MR) is 132 cm³/mol. The zero-order valence-corrected chi connectivity index (χ0v) is 21.3. The van der Waals surface area contributed by atoms with E-state index in [4.69, 9.17) is 0 Å². The van der Waals surface area contributed by atoms with E-state index in [9.17, 15) is 4.79 Å². The third kappa shape index (κ3) is 6.21. The molecule has 2 rings (SSSR count). The molecule has 0 saturated heterocycles. The van der Waals surface area contributed by atoms with Crippen LogP contribution >= 0.6 is 0 Å². The molecular formula is C29H48O. The Morgan fingerprint density at radius 3 is 1.67 bits per heavy atom. The standard InChI is InChI=1S/C29H48O/c1-9-11-13-15-22-17-18-29(19-23(22)16-14-12-10-2)20-24(27(3,4)5)26(30)25(21-29)28(6,7)8/h20-21H,9-19H2,1-8H3. The van der Waals surface area contributed by atoms with Gasteiger partial charge in [-0.05, 0) is 55.8 Å². The third-order valence-corrected chi connectivity index (χ3v) is 7.07. The minimum absolute atomic E-state index is 0.0366. The monoisotopic (exact) mass is 412 g/mol. The van der Waals surface area contributed by atoms with E-state index in [-0.39, 0.29) is 22.0 Å². The zero-order valence-electron chi connectivity index (χ0n) is 21.3. The number of carbonyl (C=O) groups excluding carboxylic acids is 1. The molecule has 2 aliphatic carbocycles. The van der Waals surface area contributed by atoms with E-state index in [2.05, 4.69) is 67.5 Å². The second kappa shape index (κ2) is 10.0. The van der Waals surface area contributed by atoms with Gasteiger partial charge in [-0.3, -0.25) is 4.79 Å². The topological polar surface area (TPSA) is 17.1 Å². The molecule has 0 radical (unpaired) electrons. The second-order valence-corrected chi connectivity index (χ2v) is 12.0. The first-order chi connectivity index (χ1) is 13.9. The lowest BCUT2D eigenvalue weighted by atomic mass is 9.61. The molecule has 0 atom stereocenters. The van der Waals surface area contributed by atoms with Crippen molar-refractivity contribution < 1.29 is 4.79 Å². The van der Waals surface area contributed by atoms with Crippen LogP contribution in [0.5, 0.6) is 0 Å². The van der Waals surface area contributed by atoms with Crippen LogP contribution < -0.4 is 0 Å². The highest BCUT2D eigenvalue weighted by molar-refractivity contribution is 6.11. The first-order valence-electron chi connectivity index (χ1n) is 12.6. The van der Waals surface area contributed by atoms with Gasteiger partial charge in [-0.1, -0.05) is 104 Å². The van der Waals surface area contributed by atoms with E-state index in [1.807, 2.05) is 0 Å². The molecule has 170 valence electrons. The van der Waals surface area contributed by atoms with Crippen LogP contribution in [0.25, 0.3) is 0 Å². The van der Waals surface area contributed by atoms with Gasteiger partial charge in [0, 0.05) is 16.6 Å². The Morgan fingerprint density at radius 1 is 0.767 bits per heavy atom. The van der Waals surface area contributed by atoms with Crippen molar-refractivity contribution in [2.75, 3.05) is 0 Å². The molecule has 0 heterocycles. The average Bonchev–Trinajstić information content (AvgIpc) is 2.64. The Morgan fingerprint density at radius 2 is 1.23 bits per heavy atom. The van der Waals surface area contributed by atoms with E-state index in [0.29, 0.717) is 0 Å². The van der Waals surface area contributed by atoms with E-state index < -0.39 is 0 Å². The highest BCUT2D eigenvalue weighted by Gasteiger charge is 2.42. The van der Waals surface area contributed by atoms with Gasteiger partial charge < -0.3 is 0 Å². The van der Waals surface area contributed by atoms with Gasteiger partial charge in [0.25, 0.3) is 0 Å². The summed E-state index contributed by atoms with van der Waals surface area (Å²) < 4.78 is 0. The first kappa shape index (κ1) is 25.2. The highest BCUT2D eigenvalue weighted by atomic mass is 16.1. The fraction of sp³-hybridized carbons (Fsp3) is 0.759. The van der Waals surface area contributed by atoms with Crippen molar-refractivity contribution in [3.05, 3.63) is 34.4 Å². The van der Waals surface area contributed by atoms with Gasteiger partial charge in [0.2, 0.25) is 0 Å². The van der Waals surface area contributed by atoms with Gasteiger partial charge in [0.05, 0.1) is 0 Å². The van der Waals surface area contributed by atoms with Crippen molar-refractivity contribution in [1.29, 1.82) is 0 Å². The summed E-state index contributed by atoms with van der Waals surface area (Å²) in [6.07, 6.45) is 18.7. The number of hydrogen-bond acceptors (Lipinski definition) is 1. The van der Waals surface area contributed by atoms with Gasteiger partial charge in [-0.15, -0.1) is 0 Å². The molecule has 0 aromatic carbocycles. The molecule has 0 aromatic heterocycles. The molecule has 0 bridgehead atoms. The van der Waals surface area contributed by atoms with Gasteiger partial charge in [-0.25, -0.2) is 0 Å². The van der Waals surface area contributed by atoms with Gasteiger partial charge in [0.15, 0.2) is 5.78 Å². The number of ketones is 1. The molecule has 1 nitrogen and oxygen atoms in total. The maximum Gasteiger partial charge on any atom is 0.185 e. The van der Waals surface area contributed by atoms with E-state index in [1.54, 1.807) is 11.1 Å². The first-order valence-corrected chi connectivity index (χ1v) is 12.6. The highest BCUT2D eigenvalue weighted by Crippen LogP contribution is 2.51. The minimum atomic E-state index is -0.109. The molecule has 0 N–H and O–H groups in total. The summed E-state index contributed by atoms with van der Waals surface area (Å²) in [7, 11) is 0. The molecule has 0 fully saturated rings. The Kier molecular flexibility index (Phi) is 8.39. The van der Waals surface area contributed by atoms with Crippen LogP contribution in [0.3, 0.4) is 0 Å². The fourth-order valence-electron chi connectivity index (χ4n) is 5.17. The summed E-state index contributed by atoms with van der Waals surface area (Å²) >= 11 is 0. The lowest BCUT2D eigenvalue weighted by molar-refractivity contribution is -0.114. The van der Waals surface area contributed by atoms with Gasteiger partial charge in [0.1, 0.15) is 0 Å². The molecule has 0 aliphatic heterocycles. The smallest absolute Gasteiger partial charge is 0.185 e. The Bertz CT molecular complexity index is 666. The zero-order chi connectivity index (χ0) is 22.6. The SMILES string of the molecule is CCCCCC1=C(CCCCC)CC2(C=C(C(C)(C)C)C(=O)C(C(C)(C)C)=C2)CC1. The number of rotatable bonds is 8. The Hall–Kier alpha value is -1.11. The van der Waals surface area contributed by atoms with Crippen LogP contribution in [0.2, 0.25) is 0 Å². The largest absolute Gasteiger partial charge is 0.289 e. The van der Waals surface area contributed by atoms with Crippen molar-refractivity contribution in [2.24, 2.45) is 16.2 Å². The predicted octanol–water partition coefficient (Wildman–Crippen LogP) is 9.14. The molecule has 1 spiro atoms. The molecule has 2 aliphatic rings. The van der Waals surface area contributed by atoms with E-state index in [1.165, 1.54) is 57.8 Å². The van der Waals surface area contributed by atoms with Crippen LogP contribution in [-0.2, 0) is 4.79 Å². The number of allylic oxidation sites excluding steroid dienone is 6. The van der Waals surface area contributed by atoms with E-state index in [0.717, 1.165) is 24.0 Å². The Balaban J connectivity index is 2.45. The summed E-state index contributed by atoms with van der Waals surface area (Å²) in [5.74, 6) is 0.283. The fourth-order valence-corrected chi connectivity index (χ4v) is 5.17. The second-order valence-electron chi connectivity index (χ2n) is 12.0. The Labute approximate surface area is 187 Å². The molecule has 1 heteroatoms. The van der Waals surface area contributed by atoms with Gasteiger partial charge >= 0.3 is 0 Å². The normalized spacial score (nSPS) is 19.9. The molecule has 30 heavy (non-hydrogen) atoms. The number of carbonyl (C=O) groups is 1. The molecular weight excluding hydrogens is 364 g/mol. The summed E-state index contributed by atoms with van der Waals surface area (Å²) in [6, 6.07) is 0. The van der Waals surface area contributed by atoms with Crippen LogP contribution in [0.4, 0.5) is 0 Å². The maximum atomic E-state index is 13.4. The molecule has 0 aromatic rings. The minimum Gasteiger partial charge on any atom is -0.289 e. The van der Waals surface area contributed by atoms with Gasteiger partial charge in [-0.2, -0.15) is 0 Å². The summed E-state index contributed by atoms with van der Waals surface area (Å²) in [5.41, 5.74) is 5.36. The number of unbranched alkanes of at least 4 members (excludes halogenated alkanes) is 4. The lowest BCUT2D eigenvalue weighted by Gasteiger charge is -2.42. The maximum absolute atomic E-state index is 13.4. The number of hydrogen-bond donors (Lipinski definition) is 0. The quantitative estimate of drug-likeness (QED) is 0.287. The summed E-state index contributed by atoms with van der Waals surface area (Å²) in [5, 5.41) is 0. The summed E-state index contributed by atoms with van der Waals surface area (Å²) in [4.78, 5) is 13.4. The summed E-state index contributed by atoms with van der Waals surface area (Å²) in [6.45, 7) is 17.8. The third-order valence-electron chi connectivity index (χ3n) is 7.07. The van der Waals surface area contributed by atoms with Crippen LogP contribution in [0.1, 0.15) is 126 Å². The molecule has 0 saturated carbocycles. The lowest BCUT2D eigenvalue weighted by Crippen LogP contribution is -2.35. The van der Waals surface area contributed by atoms with E-state index >= 15 is 0 Å². The van der Waals surface area contributed by atoms with Crippen molar-refractivity contribution in [3.63, 3.8) is 0 Å². The van der Waals surface area contributed by atoms with Crippen molar-refractivity contribution in [2.45, 2.75) is 126 Å². The van der Waals surface area contributed by atoms with Crippen LogP contribution in [-0.4, -0.2) is 5.78 Å². The van der Waals surface area contributed by atoms with Crippen LogP contribution in [0.15, 0.2) is 34.4 Å². The molecule has 0 unspecified atom stereocenters. The van der Waals surface area contributed by atoms with Crippen molar-refractivity contribution >= 4 is 5.78 Å².